The monoisotopic (exact) mass is 373 g/mol. The Balaban J connectivity index is 1.63. The van der Waals surface area contributed by atoms with E-state index >= 15 is 0 Å². The van der Waals surface area contributed by atoms with Crippen molar-refractivity contribution in [2.45, 2.75) is 39.2 Å². The van der Waals surface area contributed by atoms with Gasteiger partial charge in [-0.1, -0.05) is 12.1 Å². The number of thiazole rings is 1. The van der Waals surface area contributed by atoms with Crippen LogP contribution in [0.1, 0.15) is 41.6 Å². The van der Waals surface area contributed by atoms with E-state index in [0.717, 1.165) is 35.0 Å². The van der Waals surface area contributed by atoms with Gasteiger partial charge in [0, 0.05) is 18.2 Å². The number of amides is 1. The number of hydrogen-bond acceptors (Lipinski definition) is 5. The minimum absolute atomic E-state index is 0.0205. The number of ether oxygens (including phenoxy) is 1. The van der Waals surface area contributed by atoms with Crippen LogP contribution in [0.5, 0.6) is 5.75 Å². The number of nitrogens with zero attached hydrogens (tertiary/aromatic N) is 2. The Morgan fingerprint density at radius 1 is 1.46 bits per heavy atom. The molecular formula is C20H27N3O2S. The highest BCUT2D eigenvalue weighted by Gasteiger charge is 2.21. The normalized spacial score (nSPS) is 17.4. The molecule has 1 fully saturated rings. The first-order valence-corrected chi connectivity index (χ1v) is 10.1. The molecule has 1 aromatic heterocycles. The number of nitrogens with one attached hydrogen (secondary N) is 1. The second-order valence-corrected chi connectivity index (χ2v) is 7.71. The van der Waals surface area contributed by atoms with Crippen molar-refractivity contribution in [3.8, 4) is 16.3 Å². The molecule has 1 N–H and O–H groups in total. The van der Waals surface area contributed by atoms with Gasteiger partial charge in [0.05, 0.1) is 12.3 Å². The highest BCUT2D eigenvalue weighted by atomic mass is 32.1. The zero-order valence-corrected chi connectivity index (χ0v) is 16.6. The van der Waals surface area contributed by atoms with E-state index < -0.39 is 0 Å². The first-order chi connectivity index (χ1) is 12.6. The van der Waals surface area contributed by atoms with Gasteiger partial charge >= 0.3 is 0 Å². The SMILES string of the molecule is CCOc1cccc(-c2nc(C)c(C(=O)NCCC3CCCN3C)s2)c1. The average molecular weight is 374 g/mol. The predicted octanol–water partition coefficient (Wildman–Crippen LogP) is 3.73. The Bertz CT molecular complexity index is 759. The highest BCUT2D eigenvalue weighted by molar-refractivity contribution is 7.17. The molecule has 3 rings (SSSR count). The number of carbonyl (C=O) groups is 1. The van der Waals surface area contributed by atoms with E-state index in [9.17, 15) is 4.79 Å². The van der Waals surface area contributed by atoms with E-state index in [0.29, 0.717) is 24.1 Å². The van der Waals surface area contributed by atoms with Gasteiger partial charge in [-0.2, -0.15) is 0 Å². The van der Waals surface area contributed by atoms with Crippen LogP contribution in [0, 0.1) is 6.92 Å². The first-order valence-electron chi connectivity index (χ1n) is 9.27. The Labute approximate surface area is 159 Å². The molecule has 1 unspecified atom stereocenters. The minimum atomic E-state index is -0.0205. The third kappa shape index (κ3) is 4.43. The van der Waals surface area contributed by atoms with E-state index in [1.807, 2.05) is 38.1 Å². The van der Waals surface area contributed by atoms with Gasteiger partial charge in [0.2, 0.25) is 0 Å². The fourth-order valence-corrected chi connectivity index (χ4v) is 4.37. The molecule has 0 spiro atoms. The van der Waals surface area contributed by atoms with Gasteiger partial charge < -0.3 is 15.0 Å². The van der Waals surface area contributed by atoms with Crippen molar-refractivity contribution >= 4 is 17.2 Å². The van der Waals surface area contributed by atoms with Crippen LogP contribution in [-0.2, 0) is 0 Å². The van der Waals surface area contributed by atoms with Gasteiger partial charge in [-0.3, -0.25) is 4.79 Å². The molecule has 1 amide bonds. The molecule has 0 radical (unpaired) electrons. The quantitative estimate of drug-likeness (QED) is 0.803. The summed E-state index contributed by atoms with van der Waals surface area (Å²) in [5.74, 6) is 0.803. The van der Waals surface area contributed by atoms with E-state index in [4.69, 9.17) is 4.74 Å². The van der Waals surface area contributed by atoms with Crippen LogP contribution in [0.4, 0.5) is 0 Å². The average Bonchev–Trinajstić information content (AvgIpc) is 3.21. The smallest absolute Gasteiger partial charge is 0.263 e. The molecular weight excluding hydrogens is 346 g/mol. The summed E-state index contributed by atoms with van der Waals surface area (Å²) < 4.78 is 5.56. The van der Waals surface area contributed by atoms with Gasteiger partial charge in [0.15, 0.2) is 0 Å². The zero-order chi connectivity index (χ0) is 18.5. The number of likely N-dealkylation sites (tertiary alicyclic amines) is 1. The molecule has 2 aromatic rings. The van der Waals surface area contributed by atoms with Crippen molar-refractivity contribution in [1.82, 2.24) is 15.2 Å². The fourth-order valence-electron chi connectivity index (χ4n) is 3.39. The van der Waals surface area contributed by atoms with Crippen LogP contribution in [0.2, 0.25) is 0 Å². The number of rotatable bonds is 7. The molecule has 1 saturated heterocycles. The Kier molecular flexibility index (Phi) is 6.27. The lowest BCUT2D eigenvalue weighted by Gasteiger charge is -2.19. The Morgan fingerprint density at radius 2 is 2.31 bits per heavy atom. The third-order valence-electron chi connectivity index (χ3n) is 4.83. The van der Waals surface area contributed by atoms with Crippen molar-refractivity contribution < 1.29 is 9.53 Å². The van der Waals surface area contributed by atoms with Crippen LogP contribution in [0.25, 0.3) is 10.6 Å². The van der Waals surface area contributed by atoms with E-state index in [1.165, 1.54) is 24.2 Å². The fraction of sp³-hybridized carbons (Fsp3) is 0.500. The van der Waals surface area contributed by atoms with E-state index in [2.05, 4.69) is 22.2 Å². The molecule has 1 aliphatic heterocycles. The lowest BCUT2D eigenvalue weighted by Crippen LogP contribution is -2.31. The summed E-state index contributed by atoms with van der Waals surface area (Å²) in [7, 11) is 2.16. The Morgan fingerprint density at radius 3 is 3.04 bits per heavy atom. The summed E-state index contributed by atoms with van der Waals surface area (Å²) in [6.45, 7) is 6.36. The van der Waals surface area contributed by atoms with Crippen molar-refractivity contribution in [3.63, 3.8) is 0 Å². The molecule has 0 bridgehead atoms. The van der Waals surface area contributed by atoms with Gasteiger partial charge in [0.25, 0.3) is 5.91 Å². The highest BCUT2D eigenvalue weighted by Crippen LogP contribution is 2.30. The van der Waals surface area contributed by atoms with Gasteiger partial charge in [-0.25, -0.2) is 4.98 Å². The minimum Gasteiger partial charge on any atom is -0.494 e. The maximum absolute atomic E-state index is 12.6. The first kappa shape index (κ1) is 18.9. The number of aryl methyl sites for hydroxylation is 1. The number of benzene rings is 1. The molecule has 140 valence electrons. The van der Waals surface area contributed by atoms with Crippen LogP contribution in [-0.4, -0.2) is 48.6 Å². The molecule has 2 heterocycles. The van der Waals surface area contributed by atoms with E-state index in [1.54, 1.807) is 0 Å². The van der Waals surface area contributed by atoms with Crippen molar-refractivity contribution in [2.75, 3.05) is 26.7 Å². The Hall–Kier alpha value is -1.92. The number of carbonyl (C=O) groups excluding carboxylic acids is 1. The molecule has 1 aromatic carbocycles. The number of aromatic nitrogens is 1. The second kappa shape index (κ2) is 8.64. The van der Waals surface area contributed by atoms with Crippen LogP contribution in [0.3, 0.4) is 0 Å². The lowest BCUT2D eigenvalue weighted by atomic mass is 10.1. The van der Waals surface area contributed by atoms with Crippen molar-refractivity contribution in [1.29, 1.82) is 0 Å². The maximum atomic E-state index is 12.6. The maximum Gasteiger partial charge on any atom is 0.263 e. The summed E-state index contributed by atoms with van der Waals surface area (Å²) in [5, 5.41) is 3.92. The summed E-state index contributed by atoms with van der Waals surface area (Å²) >= 11 is 1.44. The van der Waals surface area contributed by atoms with Crippen molar-refractivity contribution in [3.05, 3.63) is 34.8 Å². The van der Waals surface area contributed by atoms with Gasteiger partial charge in [0.1, 0.15) is 15.6 Å². The van der Waals surface area contributed by atoms with Crippen LogP contribution >= 0.6 is 11.3 Å². The summed E-state index contributed by atoms with van der Waals surface area (Å²) in [5.41, 5.74) is 1.76. The standard InChI is InChI=1S/C20H27N3O2S/c1-4-25-17-9-5-7-15(13-17)20-22-14(2)18(26-20)19(24)21-11-10-16-8-6-12-23(16)3/h5,7,9,13,16H,4,6,8,10-12H2,1-3H3,(H,21,24). The zero-order valence-electron chi connectivity index (χ0n) is 15.7. The van der Waals surface area contributed by atoms with Crippen LogP contribution < -0.4 is 10.1 Å². The molecule has 0 aliphatic carbocycles. The van der Waals surface area contributed by atoms with Gasteiger partial charge in [-0.05, 0) is 58.8 Å². The summed E-state index contributed by atoms with van der Waals surface area (Å²) in [4.78, 5) is 20.2. The molecule has 6 heteroatoms. The lowest BCUT2D eigenvalue weighted by molar-refractivity contribution is 0.0953. The molecule has 0 saturated carbocycles. The third-order valence-corrected chi connectivity index (χ3v) is 6.03. The second-order valence-electron chi connectivity index (χ2n) is 6.72. The molecule has 26 heavy (non-hydrogen) atoms. The summed E-state index contributed by atoms with van der Waals surface area (Å²) in [6.07, 6.45) is 3.49. The number of hydrogen-bond donors (Lipinski definition) is 1. The van der Waals surface area contributed by atoms with Crippen LogP contribution in [0.15, 0.2) is 24.3 Å². The molecule has 5 nitrogen and oxygen atoms in total. The van der Waals surface area contributed by atoms with E-state index in [-0.39, 0.29) is 5.91 Å². The largest absolute Gasteiger partial charge is 0.494 e. The molecule has 1 atom stereocenters. The topological polar surface area (TPSA) is 54.5 Å². The van der Waals surface area contributed by atoms with Gasteiger partial charge in [-0.15, -0.1) is 11.3 Å². The predicted molar refractivity (Wildman–Crippen MR) is 106 cm³/mol. The summed E-state index contributed by atoms with van der Waals surface area (Å²) in [6, 6.07) is 8.45. The van der Waals surface area contributed by atoms with Crippen molar-refractivity contribution in [2.24, 2.45) is 0 Å². The molecule has 1 aliphatic rings.